The van der Waals surface area contributed by atoms with Gasteiger partial charge in [-0.1, -0.05) is 30.3 Å². The van der Waals surface area contributed by atoms with E-state index >= 15 is 0 Å². The molecule has 1 aromatic heterocycles. The molecule has 0 amide bonds. The Hall–Kier alpha value is -2.63. The molecule has 5 rings (SSSR count). The van der Waals surface area contributed by atoms with Crippen LogP contribution in [0, 0.1) is 0 Å². The van der Waals surface area contributed by atoms with Crippen LogP contribution in [0.15, 0.2) is 60.1 Å². The van der Waals surface area contributed by atoms with Gasteiger partial charge in [0.2, 0.25) is 0 Å². The third-order valence-corrected chi connectivity index (χ3v) is 7.17. The maximum Gasteiger partial charge on any atom is 0.126 e. The van der Waals surface area contributed by atoms with Crippen molar-refractivity contribution in [2.45, 2.75) is 19.3 Å². The topological polar surface area (TPSA) is 28.6 Å². The van der Waals surface area contributed by atoms with E-state index < -0.39 is 0 Å². The Morgan fingerprint density at radius 3 is 2.61 bits per heavy atom. The highest BCUT2D eigenvalue weighted by atomic mass is 32.1. The number of ether oxygens (including phenoxy) is 1. The number of aromatic nitrogens is 1. The fourth-order valence-corrected chi connectivity index (χ4v) is 5.38. The Kier molecular flexibility index (Phi) is 6.05. The zero-order chi connectivity index (χ0) is 21.0. The molecule has 1 saturated heterocycles. The van der Waals surface area contributed by atoms with Crippen LogP contribution in [-0.4, -0.2) is 49.7 Å². The number of anilines is 1. The van der Waals surface area contributed by atoms with Crippen molar-refractivity contribution in [2.24, 2.45) is 0 Å². The second-order valence-corrected chi connectivity index (χ2v) is 9.16. The lowest BCUT2D eigenvalue weighted by Crippen LogP contribution is -2.46. The second kappa shape index (κ2) is 9.25. The zero-order valence-electron chi connectivity index (χ0n) is 18.1. The largest absolute Gasteiger partial charge is 0.496 e. The molecule has 5 heteroatoms. The van der Waals surface area contributed by atoms with Gasteiger partial charge in [0, 0.05) is 42.6 Å². The third kappa shape index (κ3) is 4.39. The van der Waals surface area contributed by atoms with Gasteiger partial charge >= 0.3 is 0 Å². The monoisotopic (exact) mass is 431 g/mol. The number of unbranched alkanes of at least 4 members (excludes halogenated alkanes) is 1. The Labute approximate surface area is 188 Å². The molecule has 3 aromatic carbocycles. The van der Waals surface area contributed by atoms with Crippen LogP contribution in [0.5, 0.6) is 5.75 Å². The molecule has 0 aliphatic carbocycles. The van der Waals surface area contributed by atoms with Crippen LogP contribution in [0.3, 0.4) is 0 Å². The lowest BCUT2D eigenvalue weighted by atomic mass is 10.1. The number of piperazine rings is 1. The van der Waals surface area contributed by atoms with Crippen molar-refractivity contribution < 1.29 is 4.74 Å². The van der Waals surface area contributed by atoms with Crippen LogP contribution >= 0.6 is 11.3 Å². The van der Waals surface area contributed by atoms with Gasteiger partial charge in [-0.3, -0.25) is 4.90 Å². The van der Waals surface area contributed by atoms with E-state index in [-0.39, 0.29) is 0 Å². The summed E-state index contributed by atoms with van der Waals surface area (Å²) in [5, 5.41) is 2.48. The molecule has 0 N–H and O–H groups in total. The minimum Gasteiger partial charge on any atom is -0.496 e. The van der Waals surface area contributed by atoms with Gasteiger partial charge in [0.25, 0.3) is 0 Å². The van der Waals surface area contributed by atoms with Gasteiger partial charge in [-0.15, -0.1) is 11.3 Å². The summed E-state index contributed by atoms with van der Waals surface area (Å²) in [4.78, 5) is 9.52. The summed E-state index contributed by atoms with van der Waals surface area (Å²) in [5.74, 6) is 0.951. The van der Waals surface area contributed by atoms with E-state index in [9.17, 15) is 0 Å². The van der Waals surface area contributed by atoms with Crippen molar-refractivity contribution in [1.82, 2.24) is 9.88 Å². The first-order valence-corrected chi connectivity index (χ1v) is 12.0. The molecule has 1 aliphatic rings. The molecule has 31 heavy (non-hydrogen) atoms. The van der Waals surface area contributed by atoms with Gasteiger partial charge in [-0.25, -0.2) is 4.98 Å². The van der Waals surface area contributed by atoms with Crippen molar-refractivity contribution in [3.8, 4) is 5.75 Å². The van der Waals surface area contributed by atoms with E-state index in [0.717, 1.165) is 43.9 Å². The minimum absolute atomic E-state index is 0.951. The number of rotatable bonds is 7. The van der Waals surface area contributed by atoms with E-state index in [2.05, 4.69) is 69.4 Å². The fourth-order valence-electron chi connectivity index (χ4n) is 4.64. The van der Waals surface area contributed by atoms with Gasteiger partial charge in [-0.05, 0) is 55.6 Å². The van der Waals surface area contributed by atoms with Gasteiger partial charge in [0.05, 0.1) is 22.8 Å². The van der Waals surface area contributed by atoms with Crippen molar-refractivity contribution in [1.29, 1.82) is 0 Å². The summed E-state index contributed by atoms with van der Waals surface area (Å²) in [7, 11) is 1.75. The number of hydrogen-bond donors (Lipinski definition) is 0. The summed E-state index contributed by atoms with van der Waals surface area (Å²) in [6.07, 6.45) is 3.66. The molecular weight excluding hydrogens is 402 g/mol. The quantitative estimate of drug-likeness (QED) is 0.356. The first kappa shape index (κ1) is 20.3. The highest BCUT2D eigenvalue weighted by Gasteiger charge is 2.19. The molecule has 1 aliphatic heterocycles. The SMILES string of the molecule is COc1ccc(N2CCN(CCCCc3ccc4ncsc4c3)CC2)c2ccccc12. The average molecular weight is 432 g/mol. The van der Waals surface area contributed by atoms with Gasteiger partial charge < -0.3 is 9.64 Å². The number of benzene rings is 3. The first-order chi connectivity index (χ1) is 15.3. The van der Waals surface area contributed by atoms with Crippen molar-refractivity contribution in [3.05, 3.63) is 65.7 Å². The van der Waals surface area contributed by atoms with E-state index in [1.807, 2.05) is 5.51 Å². The number of thiazole rings is 1. The van der Waals surface area contributed by atoms with Crippen LogP contribution in [0.2, 0.25) is 0 Å². The van der Waals surface area contributed by atoms with E-state index in [1.165, 1.54) is 46.1 Å². The van der Waals surface area contributed by atoms with Gasteiger partial charge in [0.15, 0.2) is 0 Å². The summed E-state index contributed by atoms with van der Waals surface area (Å²) >= 11 is 1.73. The third-order valence-electron chi connectivity index (χ3n) is 6.38. The number of methoxy groups -OCH3 is 1. The Balaban J connectivity index is 1.13. The maximum absolute atomic E-state index is 5.56. The van der Waals surface area contributed by atoms with E-state index in [0.29, 0.717) is 0 Å². The standard InChI is InChI=1S/C26H29N3OS/c1-30-25-12-11-24(21-7-2-3-8-22(21)25)29-16-14-28(15-17-29)13-5-4-6-20-9-10-23-26(18-20)31-19-27-23/h2-3,7-12,18-19H,4-6,13-17H2,1H3. The number of hydrogen-bond acceptors (Lipinski definition) is 5. The molecule has 0 saturated carbocycles. The number of fused-ring (bicyclic) bond motifs is 2. The van der Waals surface area contributed by atoms with Gasteiger partial charge in [0.1, 0.15) is 5.75 Å². The Morgan fingerprint density at radius 1 is 0.935 bits per heavy atom. The molecule has 0 unspecified atom stereocenters. The predicted octanol–water partition coefficient (Wildman–Crippen LogP) is 5.60. The van der Waals surface area contributed by atoms with Crippen LogP contribution in [0.25, 0.3) is 21.0 Å². The fraction of sp³-hybridized carbons (Fsp3) is 0.346. The highest BCUT2D eigenvalue weighted by Crippen LogP contribution is 2.34. The summed E-state index contributed by atoms with van der Waals surface area (Å²) < 4.78 is 6.87. The normalized spacial score (nSPS) is 15.1. The summed E-state index contributed by atoms with van der Waals surface area (Å²) in [6.45, 7) is 5.62. The Bertz CT molecular complexity index is 1160. The van der Waals surface area contributed by atoms with E-state index in [1.54, 1.807) is 18.4 Å². The number of nitrogens with zero attached hydrogens (tertiary/aromatic N) is 3. The number of aryl methyl sites for hydroxylation is 1. The van der Waals surface area contributed by atoms with Crippen molar-refractivity contribution in [2.75, 3.05) is 44.7 Å². The van der Waals surface area contributed by atoms with Crippen molar-refractivity contribution >= 4 is 38.0 Å². The molecule has 0 radical (unpaired) electrons. The maximum atomic E-state index is 5.56. The zero-order valence-corrected chi connectivity index (χ0v) is 18.9. The molecule has 0 atom stereocenters. The lowest BCUT2D eigenvalue weighted by molar-refractivity contribution is 0.253. The smallest absolute Gasteiger partial charge is 0.126 e. The lowest BCUT2D eigenvalue weighted by Gasteiger charge is -2.36. The van der Waals surface area contributed by atoms with Crippen LogP contribution in [-0.2, 0) is 6.42 Å². The molecule has 4 aromatic rings. The molecule has 1 fully saturated rings. The molecule has 160 valence electrons. The molecule has 0 bridgehead atoms. The average Bonchev–Trinajstić information content (AvgIpc) is 3.29. The van der Waals surface area contributed by atoms with E-state index in [4.69, 9.17) is 4.74 Å². The molecule has 0 spiro atoms. The minimum atomic E-state index is 0.951. The summed E-state index contributed by atoms with van der Waals surface area (Å²) in [6, 6.07) is 19.6. The van der Waals surface area contributed by atoms with Gasteiger partial charge in [-0.2, -0.15) is 0 Å². The Morgan fingerprint density at radius 2 is 1.77 bits per heavy atom. The molecular formula is C26H29N3OS. The van der Waals surface area contributed by atoms with Crippen LogP contribution in [0.4, 0.5) is 5.69 Å². The molecule has 4 nitrogen and oxygen atoms in total. The van der Waals surface area contributed by atoms with Crippen molar-refractivity contribution in [3.63, 3.8) is 0 Å². The first-order valence-electron chi connectivity index (χ1n) is 11.2. The van der Waals surface area contributed by atoms with Crippen LogP contribution < -0.4 is 9.64 Å². The molecule has 2 heterocycles. The predicted molar refractivity (Wildman–Crippen MR) is 132 cm³/mol. The second-order valence-electron chi connectivity index (χ2n) is 8.27. The van der Waals surface area contributed by atoms with Crippen LogP contribution in [0.1, 0.15) is 18.4 Å². The highest BCUT2D eigenvalue weighted by molar-refractivity contribution is 7.16. The summed E-state index contributed by atoms with van der Waals surface area (Å²) in [5.41, 5.74) is 5.82.